The molecule has 170 valence electrons. The molecule has 3 rings (SSSR count). The zero-order valence-corrected chi connectivity index (χ0v) is 19.2. The van der Waals surface area contributed by atoms with Crippen molar-refractivity contribution in [2.45, 2.75) is 59.6 Å². The highest BCUT2D eigenvalue weighted by Crippen LogP contribution is 2.34. The predicted molar refractivity (Wildman–Crippen MR) is 121 cm³/mol. The number of fused-ring (bicyclic) bond motifs is 1. The fraction of sp³-hybridized carbons (Fsp3) is 0.609. The molecule has 0 saturated carbocycles. The van der Waals surface area contributed by atoms with Crippen molar-refractivity contribution < 1.29 is 19.1 Å². The number of anilines is 2. The summed E-state index contributed by atoms with van der Waals surface area (Å²) in [5.74, 6) is -0.358. The minimum atomic E-state index is -0.507. The second-order valence-electron chi connectivity index (χ2n) is 8.63. The zero-order valence-electron chi connectivity index (χ0n) is 19.2. The second-order valence-corrected chi connectivity index (χ2v) is 8.63. The summed E-state index contributed by atoms with van der Waals surface area (Å²) >= 11 is 0. The van der Waals surface area contributed by atoms with E-state index in [0.717, 1.165) is 25.1 Å². The number of carbonyl (C=O) groups is 2. The van der Waals surface area contributed by atoms with Gasteiger partial charge in [0.05, 0.1) is 37.3 Å². The standard InChI is InChI=1S/C23H34N4O4/c1-6-15(4)22(28)26-19-18-10-16(24-11-14(2)3)12-25-21(18)27(20(19)23(29)30-5)13-17-8-7-9-31-17/h10,12,14-15,17,24H,6-9,11,13H2,1-5H3,(H,26,28)/t15-,17+/m1/s1. The molecule has 0 spiro atoms. The van der Waals surface area contributed by atoms with Gasteiger partial charge in [0.2, 0.25) is 5.91 Å². The number of rotatable bonds is 9. The Balaban J connectivity index is 2.13. The van der Waals surface area contributed by atoms with E-state index in [-0.39, 0.29) is 17.9 Å². The summed E-state index contributed by atoms with van der Waals surface area (Å²) in [6.45, 7) is 10.1. The van der Waals surface area contributed by atoms with Gasteiger partial charge < -0.3 is 24.7 Å². The average molecular weight is 431 g/mol. The number of nitrogens with one attached hydrogen (secondary N) is 2. The smallest absolute Gasteiger partial charge is 0.356 e. The monoisotopic (exact) mass is 430 g/mol. The minimum absolute atomic E-state index is 0.00216. The van der Waals surface area contributed by atoms with E-state index in [0.29, 0.717) is 47.9 Å². The summed E-state index contributed by atoms with van der Waals surface area (Å²) in [5.41, 5.74) is 2.22. The van der Waals surface area contributed by atoms with Gasteiger partial charge in [-0.1, -0.05) is 27.7 Å². The van der Waals surface area contributed by atoms with Crippen LogP contribution in [0.4, 0.5) is 11.4 Å². The largest absolute Gasteiger partial charge is 0.464 e. The third-order valence-corrected chi connectivity index (χ3v) is 5.71. The molecule has 2 aromatic rings. The molecule has 0 unspecified atom stereocenters. The number of hydrogen-bond acceptors (Lipinski definition) is 6. The minimum Gasteiger partial charge on any atom is -0.464 e. The molecule has 0 bridgehead atoms. The molecule has 1 fully saturated rings. The van der Waals surface area contributed by atoms with Crippen molar-refractivity contribution in [1.82, 2.24) is 9.55 Å². The van der Waals surface area contributed by atoms with Crippen molar-refractivity contribution in [3.05, 3.63) is 18.0 Å². The van der Waals surface area contributed by atoms with Crippen LogP contribution >= 0.6 is 0 Å². The van der Waals surface area contributed by atoms with E-state index in [9.17, 15) is 9.59 Å². The zero-order chi connectivity index (χ0) is 22.5. The fourth-order valence-corrected chi connectivity index (χ4v) is 3.68. The van der Waals surface area contributed by atoms with Gasteiger partial charge in [-0.3, -0.25) is 4.79 Å². The van der Waals surface area contributed by atoms with Gasteiger partial charge in [0.15, 0.2) is 5.69 Å². The highest BCUT2D eigenvalue weighted by molar-refractivity contribution is 6.11. The Kier molecular flexibility index (Phi) is 7.54. The van der Waals surface area contributed by atoms with Crippen molar-refractivity contribution in [2.75, 3.05) is 30.9 Å². The molecule has 3 heterocycles. The van der Waals surface area contributed by atoms with Gasteiger partial charge in [-0.25, -0.2) is 9.78 Å². The van der Waals surface area contributed by atoms with Crippen LogP contribution in [0.25, 0.3) is 11.0 Å². The molecular formula is C23H34N4O4. The number of esters is 1. The Morgan fingerprint density at radius 3 is 2.74 bits per heavy atom. The lowest BCUT2D eigenvalue weighted by Gasteiger charge is -2.15. The summed E-state index contributed by atoms with van der Waals surface area (Å²) < 4.78 is 12.7. The van der Waals surface area contributed by atoms with Crippen LogP contribution in [0.2, 0.25) is 0 Å². The van der Waals surface area contributed by atoms with Gasteiger partial charge in [0, 0.05) is 24.5 Å². The summed E-state index contributed by atoms with van der Waals surface area (Å²) in [5, 5.41) is 7.07. The summed E-state index contributed by atoms with van der Waals surface area (Å²) in [7, 11) is 1.35. The van der Waals surface area contributed by atoms with Crippen molar-refractivity contribution in [3.63, 3.8) is 0 Å². The van der Waals surface area contributed by atoms with Gasteiger partial charge in [0.1, 0.15) is 5.65 Å². The van der Waals surface area contributed by atoms with Crippen LogP contribution in [-0.2, 0) is 20.8 Å². The van der Waals surface area contributed by atoms with Gasteiger partial charge in [-0.05, 0) is 31.2 Å². The Morgan fingerprint density at radius 2 is 2.13 bits per heavy atom. The van der Waals surface area contributed by atoms with Crippen LogP contribution in [0.15, 0.2) is 12.3 Å². The van der Waals surface area contributed by atoms with Crippen molar-refractivity contribution >= 4 is 34.3 Å². The maximum Gasteiger partial charge on any atom is 0.356 e. The van der Waals surface area contributed by atoms with E-state index in [2.05, 4.69) is 29.5 Å². The first kappa shape index (κ1) is 23.1. The number of hydrogen-bond donors (Lipinski definition) is 2. The molecule has 0 aromatic carbocycles. The van der Waals surface area contributed by atoms with E-state index in [1.807, 2.05) is 24.5 Å². The normalized spacial score (nSPS) is 17.2. The van der Waals surface area contributed by atoms with Crippen LogP contribution in [0.3, 0.4) is 0 Å². The first-order valence-corrected chi connectivity index (χ1v) is 11.1. The van der Waals surface area contributed by atoms with Crippen molar-refractivity contribution in [3.8, 4) is 0 Å². The average Bonchev–Trinajstić information content (AvgIpc) is 3.38. The first-order valence-electron chi connectivity index (χ1n) is 11.1. The van der Waals surface area contributed by atoms with E-state index in [4.69, 9.17) is 9.47 Å². The maximum absolute atomic E-state index is 12.8. The molecule has 8 heteroatoms. The number of carbonyl (C=O) groups excluding carboxylic acids is 2. The second kappa shape index (κ2) is 10.1. The lowest BCUT2D eigenvalue weighted by Crippen LogP contribution is -2.23. The lowest BCUT2D eigenvalue weighted by molar-refractivity contribution is -0.119. The number of amides is 1. The molecule has 0 aliphatic carbocycles. The maximum atomic E-state index is 12.8. The summed E-state index contributed by atoms with van der Waals surface area (Å²) in [6.07, 6.45) is 4.37. The predicted octanol–water partition coefficient (Wildman–Crippen LogP) is 4.05. The van der Waals surface area contributed by atoms with Crippen LogP contribution in [0.5, 0.6) is 0 Å². The quantitative estimate of drug-likeness (QED) is 0.583. The van der Waals surface area contributed by atoms with E-state index in [1.165, 1.54) is 7.11 Å². The van der Waals surface area contributed by atoms with Gasteiger partial charge in [0.25, 0.3) is 0 Å². The van der Waals surface area contributed by atoms with Crippen LogP contribution in [0.1, 0.15) is 57.4 Å². The molecule has 8 nitrogen and oxygen atoms in total. The lowest BCUT2D eigenvalue weighted by atomic mass is 10.1. The molecule has 2 atom stereocenters. The third-order valence-electron chi connectivity index (χ3n) is 5.71. The molecule has 1 amide bonds. The molecule has 1 aliphatic rings. The van der Waals surface area contributed by atoms with E-state index in [1.54, 1.807) is 6.20 Å². The molecule has 31 heavy (non-hydrogen) atoms. The van der Waals surface area contributed by atoms with Gasteiger partial charge >= 0.3 is 5.97 Å². The topological polar surface area (TPSA) is 94.5 Å². The van der Waals surface area contributed by atoms with E-state index >= 15 is 0 Å². The summed E-state index contributed by atoms with van der Waals surface area (Å²) in [4.78, 5) is 30.3. The van der Waals surface area contributed by atoms with Crippen LogP contribution < -0.4 is 10.6 Å². The molecular weight excluding hydrogens is 396 g/mol. The number of methoxy groups -OCH3 is 1. The number of aromatic nitrogens is 2. The number of ether oxygens (including phenoxy) is 2. The Labute approximate surface area is 183 Å². The Bertz CT molecular complexity index is 931. The molecule has 0 radical (unpaired) electrons. The number of nitrogens with zero attached hydrogens (tertiary/aromatic N) is 2. The highest BCUT2D eigenvalue weighted by atomic mass is 16.5. The first-order chi connectivity index (χ1) is 14.8. The molecule has 2 aromatic heterocycles. The van der Waals surface area contributed by atoms with Crippen molar-refractivity contribution in [2.24, 2.45) is 11.8 Å². The molecule has 1 aliphatic heterocycles. The highest BCUT2D eigenvalue weighted by Gasteiger charge is 2.29. The van der Waals surface area contributed by atoms with Crippen LogP contribution in [-0.4, -0.2) is 47.8 Å². The van der Waals surface area contributed by atoms with Crippen LogP contribution in [0, 0.1) is 11.8 Å². The van der Waals surface area contributed by atoms with Crippen molar-refractivity contribution in [1.29, 1.82) is 0 Å². The summed E-state index contributed by atoms with van der Waals surface area (Å²) in [6, 6.07) is 1.94. The fourth-order valence-electron chi connectivity index (χ4n) is 3.68. The number of pyridine rings is 1. The molecule has 1 saturated heterocycles. The SMILES string of the molecule is CC[C@@H](C)C(=O)Nc1c(C(=O)OC)n(C[C@@H]2CCCO2)c2ncc(NCC(C)C)cc12. The Morgan fingerprint density at radius 1 is 1.35 bits per heavy atom. The van der Waals surface area contributed by atoms with E-state index < -0.39 is 5.97 Å². The molecule has 2 N–H and O–H groups in total. The van der Waals surface area contributed by atoms with Gasteiger partial charge in [-0.15, -0.1) is 0 Å². The Hall–Kier alpha value is -2.61. The third kappa shape index (κ3) is 5.18. The van der Waals surface area contributed by atoms with Gasteiger partial charge in [-0.2, -0.15) is 0 Å².